The molecule has 0 saturated heterocycles. The molecule has 1 atom stereocenters. The van der Waals surface area contributed by atoms with Crippen LogP contribution in [-0.2, 0) is 22.9 Å². The van der Waals surface area contributed by atoms with Gasteiger partial charge in [-0.1, -0.05) is 56.5 Å². The third-order valence-corrected chi connectivity index (χ3v) is 8.79. The molecule has 4 rings (SSSR count). The summed E-state index contributed by atoms with van der Waals surface area (Å²) in [6, 6.07) is 17.9. The molecule has 2 aromatic carbocycles. The number of nitrogens with zero attached hydrogens (tertiary/aromatic N) is 2. The maximum atomic E-state index is 12.9. The molecular weight excluding hydrogens is 528 g/mol. The quantitative estimate of drug-likeness (QED) is 0.153. The van der Waals surface area contributed by atoms with E-state index in [1.54, 1.807) is 54.1 Å². The Morgan fingerprint density at radius 2 is 1.77 bits per heavy atom. The molecule has 0 saturated carbocycles. The SMILES string of the molecule is CCCCCCc1csc(-c2ccc(S(=O)(=O)Nc3ccc(CCNC[C@H](O)c4cccnc4)cc3)cc2)n1. The number of sulfonamides is 1. The lowest BCUT2D eigenvalue weighted by Gasteiger charge is -2.12. The summed E-state index contributed by atoms with van der Waals surface area (Å²) in [4.78, 5) is 8.97. The minimum Gasteiger partial charge on any atom is -0.387 e. The van der Waals surface area contributed by atoms with Crippen molar-refractivity contribution in [3.63, 3.8) is 0 Å². The average Bonchev–Trinajstić information content (AvgIpc) is 3.44. The number of thiazole rings is 1. The van der Waals surface area contributed by atoms with E-state index in [9.17, 15) is 13.5 Å². The van der Waals surface area contributed by atoms with Crippen molar-refractivity contribution in [2.45, 2.75) is 56.4 Å². The van der Waals surface area contributed by atoms with Crippen molar-refractivity contribution in [2.75, 3.05) is 17.8 Å². The third kappa shape index (κ3) is 8.69. The number of benzene rings is 2. The molecule has 206 valence electrons. The molecule has 39 heavy (non-hydrogen) atoms. The Labute approximate surface area is 235 Å². The number of aliphatic hydroxyl groups excluding tert-OH is 1. The monoisotopic (exact) mass is 564 g/mol. The Hall–Kier alpha value is -3.11. The van der Waals surface area contributed by atoms with Gasteiger partial charge in [-0.25, -0.2) is 13.4 Å². The highest BCUT2D eigenvalue weighted by atomic mass is 32.2. The molecule has 2 aromatic heterocycles. The van der Waals surface area contributed by atoms with Crippen molar-refractivity contribution < 1.29 is 13.5 Å². The Balaban J connectivity index is 1.26. The fraction of sp³-hybridized carbons (Fsp3) is 0.333. The lowest BCUT2D eigenvalue weighted by Crippen LogP contribution is -2.23. The number of hydrogen-bond donors (Lipinski definition) is 3. The standard InChI is InChI=1S/C30H36N4O3S2/c1-2-3-4-5-8-27-22-38-30(33-27)24-11-15-28(16-12-24)39(36,37)34-26-13-9-23(10-14-26)17-19-32-21-29(35)25-7-6-18-31-20-25/h6-7,9-16,18,20,22,29,32,34-35H,2-5,8,17,19,21H2,1H3/t29-/m0/s1. The summed E-state index contributed by atoms with van der Waals surface area (Å²) in [7, 11) is -3.71. The summed E-state index contributed by atoms with van der Waals surface area (Å²) < 4.78 is 28.5. The number of unbranched alkanes of at least 4 members (excludes halogenated alkanes) is 3. The molecule has 0 fully saturated rings. The van der Waals surface area contributed by atoms with Gasteiger partial charge in [0.2, 0.25) is 0 Å². The van der Waals surface area contributed by atoms with Crippen LogP contribution in [0.1, 0.15) is 55.5 Å². The predicted octanol–water partition coefficient (Wildman–Crippen LogP) is 5.99. The van der Waals surface area contributed by atoms with E-state index in [1.165, 1.54) is 19.3 Å². The number of hydrogen-bond acceptors (Lipinski definition) is 7. The number of nitrogens with one attached hydrogen (secondary N) is 2. The smallest absolute Gasteiger partial charge is 0.261 e. The Kier molecular flexibility index (Phi) is 10.6. The van der Waals surface area contributed by atoms with E-state index in [0.29, 0.717) is 18.8 Å². The van der Waals surface area contributed by atoms with Crippen LogP contribution in [0.25, 0.3) is 10.6 Å². The lowest BCUT2D eigenvalue weighted by atomic mass is 10.1. The summed E-state index contributed by atoms with van der Waals surface area (Å²) >= 11 is 1.60. The zero-order valence-corrected chi connectivity index (χ0v) is 23.8. The van der Waals surface area contributed by atoms with E-state index in [4.69, 9.17) is 4.98 Å². The normalized spacial score (nSPS) is 12.4. The lowest BCUT2D eigenvalue weighted by molar-refractivity contribution is 0.174. The summed E-state index contributed by atoms with van der Waals surface area (Å²) in [6.07, 6.45) is 9.31. The fourth-order valence-corrected chi connectivity index (χ4v) is 6.10. The van der Waals surface area contributed by atoms with Crippen molar-refractivity contribution in [3.05, 3.63) is 95.3 Å². The van der Waals surface area contributed by atoms with Crippen molar-refractivity contribution in [1.29, 1.82) is 0 Å². The molecule has 2 heterocycles. The molecule has 0 unspecified atom stereocenters. The Bertz CT molecular complexity index is 1390. The zero-order valence-electron chi connectivity index (χ0n) is 22.2. The van der Waals surface area contributed by atoms with Crippen LogP contribution in [0.15, 0.2) is 83.3 Å². The highest BCUT2D eigenvalue weighted by Gasteiger charge is 2.15. The first-order valence-electron chi connectivity index (χ1n) is 13.4. The molecule has 0 spiro atoms. The van der Waals surface area contributed by atoms with Crippen molar-refractivity contribution in [1.82, 2.24) is 15.3 Å². The van der Waals surface area contributed by atoms with Gasteiger partial charge in [0.05, 0.1) is 16.7 Å². The van der Waals surface area contributed by atoms with Crippen molar-refractivity contribution in [3.8, 4) is 10.6 Å². The van der Waals surface area contributed by atoms with Gasteiger partial charge in [0, 0.05) is 41.1 Å². The Morgan fingerprint density at radius 1 is 0.974 bits per heavy atom. The summed E-state index contributed by atoms with van der Waals surface area (Å²) in [5, 5.41) is 16.5. The van der Waals surface area contributed by atoms with Crippen molar-refractivity contribution in [2.24, 2.45) is 0 Å². The number of aliphatic hydroxyl groups is 1. The molecule has 3 N–H and O–H groups in total. The minimum atomic E-state index is -3.71. The topological polar surface area (TPSA) is 104 Å². The average molecular weight is 565 g/mol. The van der Waals surface area contributed by atoms with E-state index in [-0.39, 0.29) is 4.90 Å². The van der Waals surface area contributed by atoms with Crippen LogP contribution in [0, 0.1) is 0 Å². The number of pyridine rings is 1. The van der Waals surface area contributed by atoms with Crippen LogP contribution in [0.5, 0.6) is 0 Å². The van der Waals surface area contributed by atoms with Gasteiger partial charge in [-0.2, -0.15) is 0 Å². The van der Waals surface area contributed by atoms with Gasteiger partial charge in [-0.15, -0.1) is 11.3 Å². The van der Waals surface area contributed by atoms with E-state index in [2.05, 4.69) is 27.3 Å². The first kappa shape index (κ1) is 28.9. The molecule has 0 aliphatic carbocycles. The summed E-state index contributed by atoms with van der Waals surface area (Å²) in [5.74, 6) is 0. The van der Waals surface area contributed by atoms with Crippen LogP contribution in [0.2, 0.25) is 0 Å². The zero-order chi connectivity index (χ0) is 27.5. The third-order valence-electron chi connectivity index (χ3n) is 6.45. The summed E-state index contributed by atoms with van der Waals surface area (Å²) in [6.45, 7) is 3.33. The molecule has 0 aliphatic rings. The maximum absolute atomic E-state index is 12.9. The van der Waals surface area contributed by atoms with E-state index >= 15 is 0 Å². The Morgan fingerprint density at radius 3 is 2.49 bits per heavy atom. The number of aryl methyl sites for hydroxylation is 1. The second-order valence-electron chi connectivity index (χ2n) is 9.54. The molecule has 0 radical (unpaired) electrons. The van der Waals surface area contributed by atoms with E-state index in [0.717, 1.165) is 46.7 Å². The van der Waals surface area contributed by atoms with Gasteiger partial charge in [0.15, 0.2) is 0 Å². The molecule has 9 heteroatoms. The number of rotatable bonds is 15. The van der Waals surface area contributed by atoms with Gasteiger partial charge in [-0.3, -0.25) is 9.71 Å². The molecule has 4 aromatic rings. The predicted molar refractivity (Wildman–Crippen MR) is 158 cm³/mol. The highest BCUT2D eigenvalue weighted by molar-refractivity contribution is 7.92. The first-order chi connectivity index (χ1) is 18.9. The van der Waals surface area contributed by atoms with E-state index in [1.807, 2.05) is 30.3 Å². The van der Waals surface area contributed by atoms with Crippen molar-refractivity contribution >= 4 is 27.0 Å². The number of aromatic nitrogens is 2. The molecule has 0 aliphatic heterocycles. The minimum absolute atomic E-state index is 0.211. The van der Waals surface area contributed by atoms with E-state index < -0.39 is 16.1 Å². The van der Waals surface area contributed by atoms with Gasteiger partial charge >= 0.3 is 0 Å². The molecular formula is C30H36N4O3S2. The second kappa shape index (κ2) is 14.3. The van der Waals surface area contributed by atoms with Crippen LogP contribution < -0.4 is 10.0 Å². The fourth-order valence-electron chi connectivity index (χ4n) is 4.18. The molecule has 0 amide bonds. The van der Waals surface area contributed by atoms with Crippen LogP contribution in [-0.4, -0.2) is 36.6 Å². The highest BCUT2D eigenvalue weighted by Crippen LogP contribution is 2.26. The largest absolute Gasteiger partial charge is 0.387 e. The maximum Gasteiger partial charge on any atom is 0.261 e. The van der Waals surface area contributed by atoms with Gasteiger partial charge in [-0.05, 0) is 61.7 Å². The van der Waals surface area contributed by atoms with Crippen LogP contribution >= 0.6 is 11.3 Å². The first-order valence-corrected chi connectivity index (χ1v) is 15.8. The molecule has 7 nitrogen and oxygen atoms in total. The van der Waals surface area contributed by atoms with Crippen LogP contribution in [0.4, 0.5) is 5.69 Å². The number of anilines is 1. The van der Waals surface area contributed by atoms with Gasteiger partial charge in [0.1, 0.15) is 5.01 Å². The second-order valence-corrected chi connectivity index (χ2v) is 12.1. The van der Waals surface area contributed by atoms with Gasteiger partial charge < -0.3 is 10.4 Å². The summed E-state index contributed by atoms with van der Waals surface area (Å²) in [5.41, 5.74) is 4.38. The van der Waals surface area contributed by atoms with Gasteiger partial charge in [0.25, 0.3) is 10.0 Å². The molecule has 0 bridgehead atoms. The van der Waals surface area contributed by atoms with Crippen LogP contribution in [0.3, 0.4) is 0 Å².